The largest absolute Gasteiger partial charge is 0.379 e. The monoisotopic (exact) mass is 442 g/mol. The van der Waals surface area contributed by atoms with E-state index in [0.717, 1.165) is 17.5 Å². The molecule has 0 N–H and O–H groups in total. The van der Waals surface area contributed by atoms with Gasteiger partial charge in [-0.25, -0.2) is 12.8 Å². The second-order valence-electron chi connectivity index (χ2n) is 8.65. The van der Waals surface area contributed by atoms with Crippen LogP contribution in [0, 0.1) is 17.1 Å². The lowest BCUT2D eigenvalue weighted by Gasteiger charge is -2.42. The minimum absolute atomic E-state index is 0.0145. The van der Waals surface area contributed by atoms with Crippen molar-refractivity contribution < 1.29 is 17.5 Å². The molecule has 0 radical (unpaired) electrons. The number of halogens is 1. The molecule has 0 aromatic heterocycles. The van der Waals surface area contributed by atoms with Crippen molar-refractivity contribution >= 4 is 10.0 Å². The minimum Gasteiger partial charge on any atom is -0.379 e. The maximum absolute atomic E-state index is 15.1. The molecule has 0 aliphatic carbocycles. The van der Waals surface area contributed by atoms with Crippen molar-refractivity contribution in [3.05, 3.63) is 71.0 Å². The molecule has 5 nitrogen and oxygen atoms in total. The van der Waals surface area contributed by atoms with Crippen molar-refractivity contribution in [2.24, 2.45) is 0 Å². The number of hydrogen-bond acceptors (Lipinski definition) is 4. The molecule has 2 aromatic rings. The van der Waals surface area contributed by atoms with E-state index in [-0.39, 0.29) is 18.0 Å². The first-order chi connectivity index (χ1) is 14.9. The Morgan fingerprint density at radius 1 is 1.19 bits per heavy atom. The molecule has 0 spiro atoms. The molecule has 0 amide bonds. The molecule has 31 heavy (non-hydrogen) atoms. The number of rotatable bonds is 6. The summed E-state index contributed by atoms with van der Waals surface area (Å²) in [6, 6.07) is 16.2. The van der Waals surface area contributed by atoms with E-state index in [2.05, 4.69) is 6.07 Å². The van der Waals surface area contributed by atoms with Crippen LogP contribution in [-0.2, 0) is 26.7 Å². The third-order valence-electron chi connectivity index (χ3n) is 6.66. The van der Waals surface area contributed by atoms with Gasteiger partial charge >= 0.3 is 0 Å². The zero-order chi connectivity index (χ0) is 22.1. The van der Waals surface area contributed by atoms with Gasteiger partial charge in [0.2, 0.25) is 10.0 Å². The SMILES string of the molecule is C[C@H]1CC[C@H](c2ccccc2)S(=O)(=O)N1Cc1ccc(C2(CCC#N)COC2)cc1F. The summed E-state index contributed by atoms with van der Waals surface area (Å²) in [7, 11) is -3.61. The molecule has 2 aromatic carbocycles. The van der Waals surface area contributed by atoms with E-state index in [9.17, 15) is 8.42 Å². The highest BCUT2D eigenvalue weighted by molar-refractivity contribution is 7.89. The zero-order valence-corrected chi connectivity index (χ0v) is 18.4. The number of nitrogens with zero attached hydrogens (tertiary/aromatic N) is 2. The molecule has 0 bridgehead atoms. The first kappa shape index (κ1) is 21.9. The fourth-order valence-corrected chi connectivity index (χ4v) is 6.81. The van der Waals surface area contributed by atoms with Crippen molar-refractivity contribution in [3.8, 4) is 6.07 Å². The van der Waals surface area contributed by atoms with E-state index >= 15 is 4.39 Å². The van der Waals surface area contributed by atoms with Gasteiger partial charge in [-0.2, -0.15) is 9.57 Å². The highest BCUT2D eigenvalue weighted by atomic mass is 32.2. The van der Waals surface area contributed by atoms with Gasteiger partial charge in [0, 0.05) is 30.0 Å². The van der Waals surface area contributed by atoms with Gasteiger partial charge in [0.1, 0.15) is 11.1 Å². The van der Waals surface area contributed by atoms with Crippen molar-refractivity contribution in [3.63, 3.8) is 0 Å². The highest BCUT2D eigenvalue weighted by Gasteiger charge is 2.42. The van der Waals surface area contributed by atoms with E-state index in [1.54, 1.807) is 6.07 Å². The van der Waals surface area contributed by atoms with Crippen molar-refractivity contribution in [1.29, 1.82) is 5.26 Å². The van der Waals surface area contributed by atoms with Crippen LogP contribution in [0.2, 0.25) is 0 Å². The molecule has 164 valence electrons. The summed E-state index contributed by atoms with van der Waals surface area (Å²) in [5.41, 5.74) is 1.63. The van der Waals surface area contributed by atoms with Gasteiger partial charge in [0.05, 0.1) is 19.3 Å². The topological polar surface area (TPSA) is 70.4 Å². The molecule has 0 unspecified atom stereocenters. The van der Waals surface area contributed by atoms with Crippen LogP contribution in [-0.4, -0.2) is 32.0 Å². The Morgan fingerprint density at radius 3 is 2.55 bits per heavy atom. The van der Waals surface area contributed by atoms with E-state index in [0.29, 0.717) is 38.0 Å². The van der Waals surface area contributed by atoms with E-state index in [1.807, 2.05) is 43.3 Å². The molecule has 2 aliphatic heterocycles. The first-order valence-electron chi connectivity index (χ1n) is 10.7. The summed E-state index contributed by atoms with van der Waals surface area (Å²) in [6.45, 7) is 2.85. The summed E-state index contributed by atoms with van der Waals surface area (Å²) in [5, 5.41) is 8.32. The summed E-state index contributed by atoms with van der Waals surface area (Å²) >= 11 is 0. The Kier molecular flexibility index (Phi) is 6.16. The predicted molar refractivity (Wildman–Crippen MR) is 116 cm³/mol. The van der Waals surface area contributed by atoms with Crippen LogP contribution in [0.4, 0.5) is 4.39 Å². The Labute approximate surface area is 183 Å². The quantitative estimate of drug-likeness (QED) is 0.663. The van der Waals surface area contributed by atoms with Gasteiger partial charge in [-0.3, -0.25) is 0 Å². The third kappa shape index (κ3) is 4.12. The molecule has 2 aliphatic rings. The van der Waals surface area contributed by atoms with Crippen molar-refractivity contribution in [2.75, 3.05) is 13.2 Å². The molecule has 2 atom stereocenters. The molecule has 2 fully saturated rings. The fraction of sp³-hybridized carbons (Fsp3) is 0.458. The third-order valence-corrected chi connectivity index (χ3v) is 9.03. The van der Waals surface area contributed by atoms with Gasteiger partial charge in [-0.1, -0.05) is 42.5 Å². The summed E-state index contributed by atoms with van der Waals surface area (Å²) in [4.78, 5) is 0. The molecule has 0 saturated carbocycles. The lowest BCUT2D eigenvalue weighted by atomic mass is 9.75. The lowest BCUT2D eigenvalue weighted by molar-refractivity contribution is -0.0638. The lowest BCUT2D eigenvalue weighted by Crippen LogP contribution is -2.47. The number of ether oxygens (including phenoxy) is 1. The Balaban J connectivity index is 1.58. The van der Waals surface area contributed by atoms with Crippen LogP contribution in [0.15, 0.2) is 48.5 Å². The highest BCUT2D eigenvalue weighted by Crippen LogP contribution is 2.40. The molecule has 2 heterocycles. The van der Waals surface area contributed by atoms with Crippen LogP contribution in [0.1, 0.15) is 54.5 Å². The summed E-state index contributed by atoms with van der Waals surface area (Å²) in [6.07, 6.45) is 2.30. The van der Waals surface area contributed by atoms with Crippen LogP contribution < -0.4 is 0 Å². The number of sulfonamides is 1. The van der Waals surface area contributed by atoms with Crippen LogP contribution >= 0.6 is 0 Å². The second kappa shape index (κ2) is 8.70. The standard InChI is InChI=1S/C24H27FN2O3S/c1-18-8-11-23(19-6-3-2-4-7-19)31(28,29)27(18)15-20-9-10-21(14-22(20)25)24(12-5-13-26)16-30-17-24/h2-4,6-7,9-10,14,18,23H,5,8,11-12,15-17H2,1H3/t18-,23+/m0/s1. The number of benzene rings is 2. The molecular formula is C24H27FN2O3S. The zero-order valence-electron chi connectivity index (χ0n) is 17.6. The Morgan fingerprint density at radius 2 is 1.94 bits per heavy atom. The average Bonchev–Trinajstić information content (AvgIpc) is 2.72. The van der Waals surface area contributed by atoms with Gasteiger partial charge in [0.25, 0.3) is 0 Å². The molecule has 2 saturated heterocycles. The Bertz CT molecular complexity index is 1080. The predicted octanol–water partition coefficient (Wildman–Crippen LogP) is 4.45. The van der Waals surface area contributed by atoms with Crippen LogP contribution in [0.3, 0.4) is 0 Å². The summed E-state index contributed by atoms with van der Waals surface area (Å²) in [5.74, 6) is -0.412. The van der Waals surface area contributed by atoms with E-state index in [1.165, 1.54) is 10.4 Å². The van der Waals surface area contributed by atoms with Crippen LogP contribution in [0.5, 0.6) is 0 Å². The number of hydrogen-bond donors (Lipinski definition) is 0. The number of nitriles is 1. The second-order valence-corrected chi connectivity index (χ2v) is 10.7. The molecule has 7 heteroatoms. The van der Waals surface area contributed by atoms with Crippen LogP contribution in [0.25, 0.3) is 0 Å². The average molecular weight is 443 g/mol. The molecular weight excluding hydrogens is 415 g/mol. The van der Waals surface area contributed by atoms with Gasteiger partial charge in [-0.15, -0.1) is 0 Å². The van der Waals surface area contributed by atoms with Gasteiger partial charge < -0.3 is 4.74 Å². The van der Waals surface area contributed by atoms with Crippen molar-refractivity contribution in [2.45, 2.75) is 55.9 Å². The minimum atomic E-state index is -3.61. The molecule has 4 rings (SSSR count). The van der Waals surface area contributed by atoms with E-state index < -0.39 is 21.1 Å². The Hall–Kier alpha value is -2.27. The fourth-order valence-electron chi connectivity index (χ4n) is 4.62. The van der Waals surface area contributed by atoms with Gasteiger partial charge in [0.15, 0.2) is 0 Å². The first-order valence-corrected chi connectivity index (χ1v) is 12.2. The normalized spacial score (nSPS) is 24.8. The smallest absolute Gasteiger partial charge is 0.221 e. The maximum atomic E-state index is 15.1. The summed E-state index contributed by atoms with van der Waals surface area (Å²) < 4.78 is 48.7. The maximum Gasteiger partial charge on any atom is 0.221 e. The van der Waals surface area contributed by atoms with Crippen molar-refractivity contribution in [1.82, 2.24) is 4.31 Å². The van der Waals surface area contributed by atoms with Gasteiger partial charge in [-0.05, 0) is 43.4 Å². The van der Waals surface area contributed by atoms with E-state index in [4.69, 9.17) is 10.00 Å².